The second-order valence-electron chi connectivity index (χ2n) is 8.67. The van der Waals surface area contributed by atoms with Crippen molar-refractivity contribution in [2.75, 3.05) is 0 Å². The Morgan fingerprint density at radius 3 is 2.29 bits per heavy atom. The highest BCUT2D eigenvalue weighted by Gasteiger charge is 2.18. The number of aromatic nitrogens is 1. The monoisotopic (exact) mass is 430 g/mol. The zero-order valence-corrected chi connectivity index (χ0v) is 19.1. The van der Waals surface area contributed by atoms with Crippen LogP contribution in [0, 0.1) is 16.0 Å². The lowest BCUT2D eigenvalue weighted by molar-refractivity contribution is -0.383. The standard InChI is InChI=1S/C25H38N2O4/c1-3-5-6-7-8-9-10-13-20(12-4-2)14-11-18-26-19-17-21-22(27(30)31)15-16-23(28)24(21)25(26)29/h15-17,19-20,28H,3-14,18H2,1-2H3. The Balaban J connectivity index is 1.92. The van der Waals surface area contributed by atoms with E-state index in [2.05, 4.69) is 13.8 Å². The van der Waals surface area contributed by atoms with Gasteiger partial charge in [-0.15, -0.1) is 0 Å². The van der Waals surface area contributed by atoms with Crippen LogP contribution in [0.3, 0.4) is 0 Å². The van der Waals surface area contributed by atoms with Gasteiger partial charge in [-0.2, -0.15) is 0 Å². The fourth-order valence-electron chi connectivity index (χ4n) is 4.48. The average Bonchev–Trinajstić information content (AvgIpc) is 2.74. The molecule has 0 aliphatic rings. The molecule has 1 N–H and O–H groups in total. The smallest absolute Gasteiger partial charge is 0.277 e. The number of pyridine rings is 1. The quantitative estimate of drug-likeness (QED) is 0.188. The number of phenolic OH excluding ortho intramolecular Hbond substituents is 1. The number of benzene rings is 1. The van der Waals surface area contributed by atoms with Crippen molar-refractivity contribution in [3.05, 3.63) is 44.9 Å². The number of nitro benzene ring substituents is 1. The minimum absolute atomic E-state index is 0.0323. The number of rotatable bonds is 15. The van der Waals surface area contributed by atoms with E-state index < -0.39 is 4.92 Å². The lowest BCUT2D eigenvalue weighted by atomic mass is 9.91. The minimum atomic E-state index is -0.523. The molecule has 1 atom stereocenters. The highest BCUT2D eigenvalue weighted by atomic mass is 16.6. The molecule has 0 aliphatic carbocycles. The molecule has 0 aliphatic heterocycles. The molecule has 31 heavy (non-hydrogen) atoms. The van der Waals surface area contributed by atoms with Crippen LogP contribution in [-0.4, -0.2) is 14.6 Å². The van der Waals surface area contributed by atoms with Gasteiger partial charge in [-0.25, -0.2) is 0 Å². The third kappa shape index (κ3) is 7.37. The third-order valence-corrected chi connectivity index (χ3v) is 6.22. The SMILES string of the molecule is CCCCCCCCCC(CCC)CCCn1ccc2c([N+](=O)[O-])ccc(O)c2c1=O. The number of non-ortho nitro benzene ring substituents is 1. The second-order valence-corrected chi connectivity index (χ2v) is 8.67. The summed E-state index contributed by atoms with van der Waals surface area (Å²) in [4.78, 5) is 23.5. The first-order valence-corrected chi connectivity index (χ1v) is 12.0. The molecule has 0 spiro atoms. The van der Waals surface area contributed by atoms with Crippen molar-refractivity contribution in [1.29, 1.82) is 0 Å². The van der Waals surface area contributed by atoms with Gasteiger partial charge >= 0.3 is 0 Å². The summed E-state index contributed by atoms with van der Waals surface area (Å²) in [5, 5.41) is 21.6. The first-order valence-electron chi connectivity index (χ1n) is 12.0. The van der Waals surface area contributed by atoms with Crippen LogP contribution in [0.4, 0.5) is 5.69 Å². The highest BCUT2D eigenvalue weighted by Crippen LogP contribution is 2.29. The van der Waals surface area contributed by atoms with E-state index in [0.717, 1.165) is 12.8 Å². The van der Waals surface area contributed by atoms with E-state index in [1.807, 2.05) is 0 Å². The zero-order valence-electron chi connectivity index (χ0n) is 19.1. The number of hydrogen-bond acceptors (Lipinski definition) is 4. The van der Waals surface area contributed by atoms with Gasteiger partial charge in [-0.3, -0.25) is 14.9 Å². The summed E-state index contributed by atoms with van der Waals surface area (Å²) >= 11 is 0. The number of aryl methyl sites for hydroxylation is 1. The van der Waals surface area contributed by atoms with Crippen molar-refractivity contribution in [3.63, 3.8) is 0 Å². The summed E-state index contributed by atoms with van der Waals surface area (Å²) in [5.41, 5.74) is -0.521. The van der Waals surface area contributed by atoms with Gasteiger partial charge in [-0.05, 0) is 30.9 Å². The lowest BCUT2D eigenvalue weighted by Crippen LogP contribution is -2.20. The van der Waals surface area contributed by atoms with E-state index in [1.54, 1.807) is 16.8 Å². The fraction of sp³-hybridized carbons (Fsp3) is 0.640. The largest absolute Gasteiger partial charge is 0.507 e. The molecule has 2 aromatic rings. The maximum absolute atomic E-state index is 12.8. The van der Waals surface area contributed by atoms with Crippen molar-refractivity contribution in [3.8, 4) is 5.75 Å². The van der Waals surface area contributed by atoms with Crippen LogP contribution in [0.5, 0.6) is 5.75 Å². The number of unbranched alkanes of at least 4 members (excludes halogenated alkanes) is 6. The van der Waals surface area contributed by atoms with Gasteiger partial charge in [0.25, 0.3) is 11.2 Å². The minimum Gasteiger partial charge on any atom is -0.507 e. The number of aromatic hydroxyl groups is 1. The van der Waals surface area contributed by atoms with E-state index >= 15 is 0 Å². The molecular weight excluding hydrogens is 392 g/mol. The molecule has 1 heterocycles. The molecule has 0 fully saturated rings. The van der Waals surface area contributed by atoms with Crippen molar-refractivity contribution in [2.24, 2.45) is 5.92 Å². The maximum Gasteiger partial charge on any atom is 0.277 e. The average molecular weight is 431 g/mol. The van der Waals surface area contributed by atoms with E-state index in [1.165, 1.54) is 76.3 Å². The molecule has 0 saturated heterocycles. The van der Waals surface area contributed by atoms with E-state index in [4.69, 9.17) is 0 Å². The molecular formula is C25H38N2O4. The van der Waals surface area contributed by atoms with Crippen LogP contribution in [0.2, 0.25) is 0 Å². The summed E-state index contributed by atoms with van der Waals surface area (Å²) in [6.07, 6.45) is 16.5. The Labute approximate surface area is 185 Å². The molecule has 1 aromatic carbocycles. The van der Waals surface area contributed by atoms with Crippen LogP contribution >= 0.6 is 0 Å². The maximum atomic E-state index is 12.8. The van der Waals surface area contributed by atoms with Crippen LogP contribution < -0.4 is 5.56 Å². The molecule has 6 nitrogen and oxygen atoms in total. The summed E-state index contributed by atoms with van der Waals surface area (Å²) in [7, 11) is 0. The first-order chi connectivity index (χ1) is 15.0. The third-order valence-electron chi connectivity index (χ3n) is 6.22. The van der Waals surface area contributed by atoms with E-state index in [9.17, 15) is 20.0 Å². The molecule has 0 saturated carbocycles. The van der Waals surface area contributed by atoms with Crippen molar-refractivity contribution in [2.45, 2.75) is 97.4 Å². The Hall–Kier alpha value is -2.37. The van der Waals surface area contributed by atoms with Gasteiger partial charge in [0.15, 0.2) is 0 Å². The summed E-state index contributed by atoms with van der Waals surface area (Å²) in [5.74, 6) is 0.481. The Morgan fingerprint density at radius 2 is 1.61 bits per heavy atom. The molecule has 1 aromatic heterocycles. The molecule has 0 bridgehead atoms. The van der Waals surface area contributed by atoms with E-state index in [0.29, 0.717) is 12.5 Å². The van der Waals surface area contributed by atoms with Gasteiger partial charge in [0, 0.05) is 18.8 Å². The number of hydrogen-bond donors (Lipinski definition) is 1. The Bertz CT molecular complexity index is 891. The normalized spacial score (nSPS) is 12.3. The van der Waals surface area contributed by atoms with Crippen LogP contribution in [-0.2, 0) is 6.54 Å². The highest BCUT2D eigenvalue weighted by molar-refractivity contribution is 5.94. The molecule has 2 rings (SSSR count). The lowest BCUT2D eigenvalue weighted by Gasteiger charge is -2.16. The van der Waals surface area contributed by atoms with Crippen molar-refractivity contribution < 1.29 is 10.0 Å². The van der Waals surface area contributed by atoms with Crippen molar-refractivity contribution in [1.82, 2.24) is 4.57 Å². The number of fused-ring (bicyclic) bond motifs is 1. The molecule has 0 amide bonds. The zero-order chi connectivity index (χ0) is 22.6. The molecule has 172 valence electrons. The van der Waals surface area contributed by atoms with Crippen LogP contribution in [0.1, 0.15) is 90.9 Å². The van der Waals surface area contributed by atoms with Gasteiger partial charge < -0.3 is 9.67 Å². The molecule has 6 heteroatoms. The summed E-state index contributed by atoms with van der Waals surface area (Å²) in [6, 6.07) is 4.03. The second kappa shape index (κ2) is 13.1. The van der Waals surface area contributed by atoms with Gasteiger partial charge in [0.1, 0.15) is 5.75 Å². The number of phenols is 1. The topological polar surface area (TPSA) is 85.4 Å². The Kier molecular flexibility index (Phi) is 10.5. The van der Waals surface area contributed by atoms with Crippen LogP contribution in [0.15, 0.2) is 29.2 Å². The summed E-state index contributed by atoms with van der Waals surface area (Å²) in [6.45, 7) is 5.03. The number of nitro groups is 1. The van der Waals surface area contributed by atoms with E-state index in [-0.39, 0.29) is 27.8 Å². The number of nitrogens with zero attached hydrogens (tertiary/aromatic N) is 2. The Morgan fingerprint density at radius 1 is 0.935 bits per heavy atom. The summed E-state index contributed by atoms with van der Waals surface area (Å²) < 4.78 is 1.57. The van der Waals surface area contributed by atoms with Crippen molar-refractivity contribution >= 4 is 16.5 Å². The molecule has 0 radical (unpaired) electrons. The van der Waals surface area contributed by atoms with Gasteiger partial charge in [0.2, 0.25) is 0 Å². The fourth-order valence-corrected chi connectivity index (χ4v) is 4.48. The van der Waals surface area contributed by atoms with Gasteiger partial charge in [-0.1, -0.05) is 78.1 Å². The predicted molar refractivity (Wildman–Crippen MR) is 127 cm³/mol. The predicted octanol–water partition coefficient (Wildman–Crippen LogP) is 6.95. The van der Waals surface area contributed by atoms with Gasteiger partial charge in [0.05, 0.1) is 15.7 Å². The molecule has 1 unspecified atom stereocenters. The first kappa shape index (κ1) is 24.9. The van der Waals surface area contributed by atoms with Crippen LogP contribution in [0.25, 0.3) is 10.8 Å².